The van der Waals surface area contributed by atoms with Gasteiger partial charge in [-0.15, -0.1) is 0 Å². The SMILES string of the molecule is CCOc1cc(C)c(-c2nc3ccccc3c(=O)n2N=Cc2ccc(-c3ccc(Cl)c(C(=O)O)c3)o2)cc1C(C)C. The number of hydrogen-bond donors (Lipinski definition) is 1. The minimum absolute atomic E-state index is 0.0271. The highest BCUT2D eigenvalue weighted by atomic mass is 35.5. The molecule has 8 nitrogen and oxygen atoms in total. The lowest BCUT2D eigenvalue weighted by molar-refractivity contribution is 0.0697. The number of carboxylic acids is 1. The Morgan fingerprint density at radius 2 is 1.93 bits per heavy atom. The van der Waals surface area contributed by atoms with E-state index in [9.17, 15) is 14.7 Å². The molecule has 0 atom stereocenters. The number of fused-ring (bicyclic) bond motifs is 1. The molecule has 0 aliphatic rings. The normalized spacial score (nSPS) is 11.6. The van der Waals surface area contributed by atoms with Crippen molar-refractivity contribution in [3.63, 3.8) is 0 Å². The number of nitrogens with zero attached hydrogens (tertiary/aromatic N) is 3. The van der Waals surface area contributed by atoms with Gasteiger partial charge in [0.2, 0.25) is 0 Å². The number of carboxylic acid groups (broad SMARTS) is 1. The second-order valence-corrected chi connectivity index (χ2v) is 10.2. The van der Waals surface area contributed by atoms with Gasteiger partial charge in [-0.25, -0.2) is 9.78 Å². The quantitative estimate of drug-likeness (QED) is 0.195. The van der Waals surface area contributed by atoms with Crippen LogP contribution >= 0.6 is 11.6 Å². The van der Waals surface area contributed by atoms with Crippen molar-refractivity contribution in [2.75, 3.05) is 6.61 Å². The van der Waals surface area contributed by atoms with Gasteiger partial charge in [0.25, 0.3) is 5.56 Å². The fraction of sp³-hybridized carbons (Fsp3) is 0.188. The first-order valence-electron chi connectivity index (χ1n) is 13.1. The Morgan fingerprint density at radius 1 is 1.15 bits per heavy atom. The van der Waals surface area contributed by atoms with Gasteiger partial charge in [-0.1, -0.05) is 37.6 Å². The molecule has 0 aliphatic heterocycles. The lowest BCUT2D eigenvalue weighted by Gasteiger charge is -2.18. The number of aromatic nitrogens is 2. The van der Waals surface area contributed by atoms with Gasteiger partial charge in [0.05, 0.1) is 34.3 Å². The largest absolute Gasteiger partial charge is 0.494 e. The van der Waals surface area contributed by atoms with Crippen LogP contribution in [0.3, 0.4) is 0 Å². The average molecular weight is 570 g/mol. The second kappa shape index (κ2) is 11.4. The molecule has 0 bridgehead atoms. The van der Waals surface area contributed by atoms with E-state index in [0.717, 1.165) is 22.4 Å². The number of ether oxygens (including phenoxy) is 1. The number of para-hydroxylation sites is 1. The minimum atomic E-state index is -1.13. The lowest BCUT2D eigenvalue weighted by atomic mass is 9.96. The smallest absolute Gasteiger partial charge is 0.337 e. The average Bonchev–Trinajstić information content (AvgIpc) is 3.42. The van der Waals surface area contributed by atoms with E-state index in [4.69, 9.17) is 25.7 Å². The number of carbonyl (C=O) groups is 1. The molecule has 0 amide bonds. The van der Waals surface area contributed by atoms with E-state index in [1.165, 1.54) is 23.0 Å². The van der Waals surface area contributed by atoms with E-state index < -0.39 is 5.97 Å². The van der Waals surface area contributed by atoms with E-state index in [-0.39, 0.29) is 22.1 Å². The Balaban J connectivity index is 1.63. The van der Waals surface area contributed by atoms with Crippen molar-refractivity contribution in [3.05, 3.63) is 105 Å². The summed E-state index contributed by atoms with van der Waals surface area (Å²) in [7, 11) is 0. The van der Waals surface area contributed by atoms with Crippen LogP contribution in [-0.4, -0.2) is 33.6 Å². The molecule has 2 heterocycles. The Bertz CT molecular complexity index is 1870. The number of halogens is 1. The summed E-state index contributed by atoms with van der Waals surface area (Å²) < 4.78 is 13.1. The monoisotopic (exact) mass is 569 g/mol. The first-order valence-corrected chi connectivity index (χ1v) is 13.5. The highest BCUT2D eigenvalue weighted by Gasteiger charge is 2.19. The number of hydrogen-bond acceptors (Lipinski definition) is 6. The molecule has 5 aromatic rings. The van der Waals surface area contributed by atoms with Crippen molar-refractivity contribution in [2.24, 2.45) is 5.10 Å². The van der Waals surface area contributed by atoms with Gasteiger partial charge in [-0.2, -0.15) is 9.78 Å². The third-order valence-electron chi connectivity index (χ3n) is 6.68. The molecule has 0 radical (unpaired) electrons. The number of aryl methyl sites for hydroxylation is 1. The maximum atomic E-state index is 13.7. The zero-order valence-electron chi connectivity index (χ0n) is 23.0. The standard InChI is InChI=1S/C32H28ClN3O5/c1-5-40-29-14-19(4)24(16-23(29)18(2)3)30-35-27-9-7-6-8-22(27)31(37)36(30)34-17-21-11-13-28(41-21)20-10-12-26(33)25(15-20)32(38)39/h6-18H,5H2,1-4H3,(H,38,39). The van der Waals surface area contributed by atoms with Crippen LogP contribution in [0.5, 0.6) is 5.75 Å². The van der Waals surface area contributed by atoms with Gasteiger partial charge in [0.15, 0.2) is 5.82 Å². The Hall–Kier alpha value is -4.69. The molecule has 3 aromatic carbocycles. The predicted octanol–water partition coefficient (Wildman–Crippen LogP) is 7.39. The molecule has 5 rings (SSSR count). The fourth-order valence-electron chi connectivity index (χ4n) is 4.61. The zero-order chi connectivity index (χ0) is 29.3. The maximum absolute atomic E-state index is 13.7. The molecule has 0 unspecified atom stereocenters. The van der Waals surface area contributed by atoms with Crippen LogP contribution in [0, 0.1) is 6.92 Å². The van der Waals surface area contributed by atoms with Gasteiger partial charge in [0, 0.05) is 11.1 Å². The van der Waals surface area contributed by atoms with Crippen molar-refractivity contribution in [3.8, 4) is 28.5 Å². The highest BCUT2D eigenvalue weighted by Crippen LogP contribution is 2.34. The third-order valence-corrected chi connectivity index (χ3v) is 7.01. The van der Waals surface area contributed by atoms with Crippen LogP contribution < -0.4 is 10.3 Å². The lowest BCUT2D eigenvalue weighted by Crippen LogP contribution is -2.20. The van der Waals surface area contributed by atoms with Crippen LogP contribution in [0.15, 0.2) is 81.0 Å². The molecule has 0 spiro atoms. The molecule has 208 valence electrons. The molecule has 0 saturated carbocycles. The summed E-state index contributed by atoms with van der Waals surface area (Å²) in [6.45, 7) is 8.62. The van der Waals surface area contributed by atoms with Crippen molar-refractivity contribution in [1.29, 1.82) is 0 Å². The van der Waals surface area contributed by atoms with E-state index >= 15 is 0 Å². The predicted molar refractivity (Wildman–Crippen MR) is 161 cm³/mol. The summed E-state index contributed by atoms with van der Waals surface area (Å²) >= 11 is 6.01. The van der Waals surface area contributed by atoms with Crippen LogP contribution in [-0.2, 0) is 0 Å². The number of benzene rings is 3. The summed E-state index contributed by atoms with van der Waals surface area (Å²) in [5, 5.41) is 14.5. The Morgan fingerprint density at radius 3 is 2.66 bits per heavy atom. The summed E-state index contributed by atoms with van der Waals surface area (Å²) in [5.74, 6) is 1.03. The van der Waals surface area contributed by atoms with Crippen molar-refractivity contribution in [1.82, 2.24) is 9.66 Å². The molecular weight excluding hydrogens is 542 g/mol. The molecule has 41 heavy (non-hydrogen) atoms. The Kier molecular flexibility index (Phi) is 7.77. The molecule has 0 saturated heterocycles. The van der Waals surface area contributed by atoms with Gasteiger partial charge < -0.3 is 14.3 Å². The van der Waals surface area contributed by atoms with Gasteiger partial charge in [-0.05, 0) is 85.5 Å². The van der Waals surface area contributed by atoms with E-state index in [2.05, 4.69) is 18.9 Å². The molecular formula is C32H28ClN3O5. The first-order chi connectivity index (χ1) is 19.7. The number of rotatable bonds is 8. The highest BCUT2D eigenvalue weighted by molar-refractivity contribution is 6.33. The van der Waals surface area contributed by atoms with E-state index in [1.807, 2.05) is 32.0 Å². The Labute approximate surface area is 241 Å². The van der Waals surface area contributed by atoms with E-state index in [1.54, 1.807) is 36.4 Å². The topological polar surface area (TPSA) is 107 Å². The molecule has 0 aliphatic carbocycles. The summed E-state index contributed by atoms with van der Waals surface area (Å²) in [5.41, 5.74) is 3.42. The van der Waals surface area contributed by atoms with Crippen molar-refractivity contribution in [2.45, 2.75) is 33.6 Å². The van der Waals surface area contributed by atoms with Crippen LogP contribution in [0.25, 0.3) is 33.6 Å². The molecule has 0 fully saturated rings. The number of furan rings is 1. The summed E-state index contributed by atoms with van der Waals surface area (Å²) in [4.78, 5) is 30.0. The zero-order valence-corrected chi connectivity index (χ0v) is 23.8. The van der Waals surface area contributed by atoms with Crippen molar-refractivity contribution >= 4 is 34.7 Å². The van der Waals surface area contributed by atoms with Gasteiger partial charge in [0.1, 0.15) is 17.3 Å². The minimum Gasteiger partial charge on any atom is -0.494 e. The summed E-state index contributed by atoms with van der Waals surface area (Å²) in [6.07, 6.45) is 1.44. The fourth-order valence-corrected chi connectivity index (χ4v) is 4.81. The second-order valence-electron chi connectivity index (χ2n) is 9.81. The molecule has 1 N–H and O–H groups in total. The van der Waals surface area contributed by atoms with Gasteiger partial charge in [-0.3, -0.25) is 4.79 Å². The van der Waals surface area contributed by atoms with Crippen LogP contribution in [0.2, 0.25) is 5.02 Å². The van der Waals surface area contributed by atoms with Gasteiger partial charge >= 0.3 is 5.97 Å². The van der Waals surface area contributed by atoms with E-state index in [0.29, 0.717) is 40.4 Å². The van der Waals surface area contributed by atoms with Crippen LogP contribution in [0.1, 0.15) is 53.9 Å². The van der Waals surface area contributed by atoms with Crippen LogP contribution in [0.4, 0.5) is 0 Å². The first kappa shape index (κ1) is 27.9. The number of aromatic carboxylic acids is 1. The molecule has 9 heteroatoms. The maximum Gasteiger partial charge on any atom is 0.337 e. The molecule has 2 aromatic heterocycles. The van der Waals surface area contributed by atoms with Crippen molar-refractivity contribution < 1.29 is 19.1 Å². The summed E-state index contributed by atoms with van der Waals surface area (Å²) in [6, 6.07) is 19.1. The third kappa shape index (κ3) is 5.51.